The van der Waals surface area contributed by atoms with E-state index in [0.29, 0.717) is 19.0 Å². The minimum atomic E-state index is -0.676. The maximum absolute atomic E-state index is 13.2. The summed E-state index contributed by atoms with van der Waals surface area (Å²) in [6.45, 7) is 6.59. The van der Waals surface area contributed by atoms with E-state index in [4.69, 9.17) is 5.73 Å². The van der Waals surface area contributed by atoms with Crippen molar-refractivity contribution in [3.8, 4) is 0 Å². The maximum Gasteiger partial charge on any atom is 0.107 e. The summed E-state index contributed by atoms with van der Waals surface area (Å²) in [5, 5.41) is 0. The predicted molar refractivity (Wildman–Crippen MR) is 48.8 cm³/mol. The van der Waals surface area contributed by atoms with E-state index < -0.39 is 6.17 Å². The fourth-order valence-corrected chi connectivity index (χ4v) is 1.59. The molecule has 1 rings (SSSR count). The lowest BCUT2D eigenvalue weighted by Gasteiger charge is -2.43. The summed E-state index contributed by atoms with van der Waals surface area (Å²) >= 11 is 0. The van der Waals surface area contributed by atoms with Crippen LogP contribution in [0.15, 0.2) is 0 Å². The fraction of sp³-hybridized carbons (Fsp3) is 1.00. The van der Waals surface area contributed by atoms with Crippen LogP contribution in [0.2, 0.25) is 0 Å². The molecule has 0 aromatic heterocycles. The molecule has 1 aliphatic rings. The molecule has 1 unspecified atom stereocenters. The van der Waals surface area contributed by atoms with Gasteiger partial charge in [0, 0.05) is 25.0 Å². The van der Waals surface area contributed by atoms with Gasteiger partial charge < -0.3 is 10.6 Å². The summed E-state index contributed by atoms with van der Waals surface area (Å²) in [4.78, 5) is 2.29. The Labute approximate surface area is 73.9 Å². The van der Waals surface area contributed by atoms with Crippen molar-refractivity contribution in [3.05, 3.63) is 0 Å². The van der Waals surface area contributed by atoms with E-state index in [1.54, 1.807) is 0 Å². The molecule has 1 aliphatic heterocycles. The van der Waals surface area contributed by atoms with E-state index in [1.165, 1.54) is 0 Å². The van der Waals surface area contributed by atoms with Gasteiger partial charge in [0.05, 0.1) is 0 Å². The highest BCUT2D eigenvalue weighted by atomic mass is 19.1. The highest BCUT2D eigenvalue weighted by Crippen LogP contribution is 2.24. The van der Waals surface area contributed by atoms with E-state index in [1.807, 2.05) is 0 Å². The Hall–Kier alpha value is -0.150. The van der Waals surface area contributed by atoms with Gasteiger partial charge in [-0.2, -0.15) is 0 Å². The lowest BCUT2D eigenvalue weighted by atomic mass is 9.91. The van der Waals surface area contributed by atoms with Gasteiger partial charge in [0.1, 0.15) is 6.17 Å². The van der Waals surface area contributed by atoms with Crippen molar-refractivity contribution in [1.82, 2.24) is 4.90 Å². The normalized spacial score (nSPS) is 22.8. The number of nitrogens with zero attached hydrogens (tertiary/aromatic N) is 1. The number of nitrogens with two attached hydrogens (primary N) is 1. The summed E-state index contributed by atoms with van der Waals surface area (Å²) < 4.78 is 13.2. The van der Waals surface area contributed by atoms with Crippen LogP contribution in [0.25, 0.3) is 0 Å². The molecule has 1 saturated heterocycles. The van der Waals surface area contributed by atoms with Crippen molar-refractivity contribution in [2.75, 3.05) is 19.6 Å². The highest BCUT2D eigenvalue weighted by Gasteiger charge is 2.33. The molecule has 72 valence electrons. The van der Waals surface area contributed by atoms with Crippen molar-refractivity contribution in [1.29, 1.82) is 0 Å². The summed E-state index contributed by atoms with van der Waals surface area (Å²) in [7, 11) is 0. The Morgan fingerprint density at radius 2 is 2.08 bits per heavy atom. The molecule has 1 heterocycles. The molecule has 0 amide bonds. The molecular formula is C9H19FN2. The number of likely N-dealkylation sites (tertiary alicyclic amines) is 1. The molecular weight excluding hydrogens is 155 g/mol. The molecule has 0 aromatic rings. The molecule has 12 heavy (non-hydrogen) atoms. The number of alkyl halides is 1. The second-order valence-corrected chi connectivity index (χ2v) is 3.90. The monoisotopic (exact) mass is 174 g/mol. The first-order valence-corrected chi connectivity index (χ1v) is 4.73. The van der Waals surface area contributed by atoms with Crippen molar-refractivity contribution in [3.63, 3.8) is 0 Å². The second kappa shape index (κ2) is 4.19. The predicted octanol–water partition coefficient (Wildman–Crippen LogP) is 1.01. The van der Waals surface area contributed by atoms with Gasteiger partial charge in [-0.05, 0) is 26.8 Å². The molecule has 0 aromatic carbocycles. The molecule has 2 N–H and O–H groups in total. The average Bonchev–Trinajstić information content (AvgIpc) is 1.82. The number of hydrogen-bond acceptors (Lipinski definition) is 2. The Morgan fingerprint density at radius 3 is 2.50 bits per heavy atom. The SMILES string of the molecule is CC(C)N1CC(C(F)CCN)C1. The van der Waals surface area contributed by atoms with Crippen LogP contribution >= 0.6 is 0 Å². The first-order chi connectivity index (χ1) is 5.65. The van der Waals surface area contributed by atoms with Crippen LogP contribution in [0.1, 0.15) is 20.3 Å². The molecule has 0 radical (unpaired) electrons. The third-order valence-corrected chi connectivity index (χ3v) is 2.62. The largest absolute Gasteiger partial charge is 0.330 e. The van der Waals surface area contributed by atoms with Crippen molar-refractivity contribution in [2.45, 2.75) is 32.5 Å². The average molecular weight is 174 g/mol. The van der Waals surface area contributed by atoms with Crippen LogP contribution in [0.5, 0.6) is 0 Å². The van der Waals surface area contributed by atoms with Gasteiger partial charge in [0.15, 0.2) is 0 Å². The topological polar surface area (TPSA) is 29.3 Å². The van der Waals surface area contributed by atoms with Gasteiger partial charge in [0.25, 0.3) is 0 Å². The van der Waals surface area contributed by atoms with E-state index in [-0.39, 0.29) is 5.92 Å². The van der Waals surface area contributed by atoms with Crippen molar-refractivity contribution >= 4 is 0 Å². The number of rotatable bonds is 4. The second-order valence-electron chi connectivity index (χ2n) is 3.90. The molecule has 3 heteroatoms. The van der Waals surface area contributed by atoms with Gasteiger partial charge in [-0.15, -0.1) is 0 Å². The molecule has 1 atom stereocenters. The quantitative estimate of drug-likeness (QED) is 0.689. The van der Waals surface area contributed by atoms with Gasteiger partial charge >= 0.3 is 0 Å². The fourth-order valence-electron chi connectivity index (χ4n) is 1.59. The first kappa shape index (κ1) is 9.93. The van der Waals surface area contributed by atoms with E-state index in [2.05, 4.69) is 18.7 Å². The summed E-state index contributed by atoms with van der Waals surface area (Å²) in [5.74, 6) is 0.246. The lowest BCUT2D eigenvalue weighted by molar-refractivity contribution is 0.0148. The zero-order valence-corrected chi connectivity index (χ0v) is 7.96. The Bertz CT molecular complexity index is 132. The summed E-state index contributed by atoms with van der Waals surface area (Å²) in [5.41, 5.74) is 5.29. The summed E-state index contributed by atoms with van der Waals surface area (Å²) in [6.07, 6.45) is -0.152. The van der Waals surface area contributed by atoms with Gasteiger partial charge in [-0.3, -0.25) is 0 Å². The number of hydrogen-bond donors (Lipinski definition) is 1. The number of halogens is 1. The molecule has 0 saturated carbocycles. The zero-order chi connectivity index (χ0) is 9.14. The van der Waals surface area contributed by atoms with Gasteiger partial charge in [0.2, 0.25) is 0 Å². The van der Waals surface area contributed by atoms with E-state index >= 15 is 0 Å². The molecule has 0 bridgehead atoms. The Morgan fingerprint density at radius 1 is 1.50 bits per heavy atom. The van der Waals surface area contributed by atoms with E-state index in [0.717, 1.165) is 13.1 Å². The maximum atomic E-state index is 13.2. The van der Waals surface area contributed by atoms with Crippen LogP contribution in [0, 0.1) is 5.92 Å². The molecule has 0 spiro atoms. The van der Waals surface area contributed by atoms with Gasteiger partial charge in [-0.1, -0.05) is 0 Å². The van der Waals surface area contributed by atoms with Crippen LogP contribution in [-0.2, 0) is 0 Å². The molecule has 2 nitrogen and oxygen atoms in total. The third-order valence-electron chi connectivity index (χ3n) is 2.62. The molecule has 0 aliphatic carbocycles. The van der Waals surface area contributed by atoms with E-state index in [9.17, 15) is 4.39 Å². The van der Waals surface area contributed by atoms with Crippen LogP contribution in [-0.4, -0.2) is 36.7 Å². The van der Waals surface area contributed by atoms with Crippen LogP contribution in [0.4, 0.5) is 4.39 Å². The lowest BCUT2D eigenvalue weighted by Crippen LogP contribution is -2.53. The minimum absolute atomic E-state index is 0.246. The highest BCUT2D eigenvalue weighted by molar-refractivity contribution is 4.86. The Balaban J connectivity index is 2.16. The van der Waals surface area contributed by atoms with Crippen LogP contribution in [0.3, 0.4) is 0 Å². The summed E-state index contributed by atoms with van der Waals surface area (Å²) in [6, 6.07) is 0.561. The zero-order valence-electron chi connectivity index (χ0n) is 7.96. The van der Waals surface area contributed by atoms with Crippen LogP contribution < -0.4 is 5.73 Å². The third kappa shape index (κ3) is 2.17. The van der Waals surface area contributed by atoms with Crippen molar-refractivity contribution in [2.24, 2.45) is 11.7 Å². The minimum Gasteiger partial charge on any atom is -0.330 e. The molecule has 1 fully saturated rings. The standard InChI is InChI=1S/C9H19FN2/c1-7(2)12-5-8(6-12)9(10)3-4-11/h7-9H,3-6,11H2,1-2H3. The Kier molecular flexibility index (Phi) is 3.47. The first-order valence-electron chi connectivity index (χ1n) is 4.73. The van der Waals surface area contributed by atoms with Gasteiger partial charge in [-0.25, -0.2) is 4.39 Å². The van der Waals surface area contributed by atoms with Crippen molar-refractivity contribution < 1.29 is 4.39 Å². The smallest absolute Gasteiger partial charge is 0.107 e.